The minimum Gasteiger partial charge on any atom is -0.480 e. The van der Waals surface area contributed by atoms with E-state index in [0.29, 0.717) is 5.75 Å². The van der Waals surface area contributed by atoms with Crippen LogP contribution in [0.1, 0.15) is 48.0 Å². The van der Waals surface area contributed by atoms with Gasteiger partial charge in [-0.15, -0.1) is 11.8 Å². The molecule has 0 aromatic heterocycles. The van der Waals surface area contributed by atoms with Crippen LogP contribution >= 0.6 is 11.8 Å². The number of hydrogen-bond donors (Lipinski definition) is 2. The van der Waals surface area contributed by atoms with E-state index in [1.165, 1.54) is 16.7 Å². The van der Waals surface area contributed by atoms with Crippen LogP contribution in [0.5, 0.6) is 0 Å². The van der Waals surface area contributed by atoms with Crippen molar-refractivity contribution in [1.29, 1.82) is 0 Å². The van der Waals surface area contributed by atoms with Crippen LogP contribution < -0.4 is 5.32 Å². The summed E-state index contributed by atoms with van der Waals surface area (Å²) in [7, 11) is 0. The first kappa shape index (κ1) is 19.6. The Bertz CT molecular complexity index is 487. The fourth-order valence-electron chi connectivity index (χ4n) is 2.26. The number of hydrogen-bond acceptors (Lipinski definition) is 5. The number of rotatable bonds is 4. The van der Waals surface area contributed by atoms with Gasteiger partial charge in [-0.05, 0) is 41.0 Å². The first-order valence-corrected chi connectivity index (χ1v) is 8.57. The predicted octanol–water partition coefficient (Wildman–Crippen LogP) is 2.05. The van der Waals surface area contributed by atoms with Crippen LogP contribution in [0.2, 0.25) is 0 Å². The lowest BCUT2D eigenvalue weighted by molar-refractivity contribution is -0.142. The number of nitrogens with one attached hydrogen (secondary N) is 1. The topological polar surface area (TPSA) is 95.9 Å². The van der Waals surface area contributed by atoms with Crippen molar-refractivity contribution in [3.63, 3.8) is 0 Å². The summed E-state index contributed by atoms with van der Waals surface area (Å²) in [6.07, 6.45) is -0.299. The van der Waals surface area contributed by atoms with Crippen molar-refractivity contribution in [3.8, 4) is 0 Å². The summed E-state index contributed by atoms with van der Waals surface area (Å²) in [5, 5.41) is 11.6. The SMILES string of the molecule is CC[C@H](NC(=O)[C@@H]1CSC(C)(C)N1C(=O)OC(C)(C)C)C(=O)O. The summed E-state index contributed by atoms with van der Waals surface area (Å²) in [5.41, 5.74) is -0.672. The van der Waals surface area contributed by atoms with Crippen LogP contribution in [0, 0.1) is 0 Å². The molecule has 2 N–H and O–H groups in total. The number of carbonyl (C=O) groups excluding carboxylic acids is 2. The van der Waals surface area contributed by atoms with E-state index in [1.807, 2.05) is 13.8 Å². The molecule has 2 atom stereocenters. The van der Waals surface area contributed by atoms with Crippen LogP contribution in [0.3, 0.4) is 0 Å². The van der Waals surface area contributed by atoms with Gasteiger partial charge in [0.2, 0.25) is 5.91 Å². The predicted molar refractivity (Wildman–Crippen MR) is 88.3 cm³/mol. The lowest BCUT2D eigenvalue weighted by Crippen LogP contribution is -2.56. The number of carbonyl (C=O) groups is 3. The highest BCUT2D eigenvalue weighted by atomic mass is 32.2. The van der Waals surface area contributed by atoms with Crippen LogP contribution in [-0.2, 0) is 14.3 Å². The van der Waals surface area contributed by atoms with Crippen molar-refractivity contribution >= 4 is 29.7 Å². The van der Waals surface area contributed by atoms with E-state index < -0.39 is 40.5 Å². The van der Waals surface area contributed by atoms with E-state index in [4.69, 9.17) is 9.84 Å². The van der Waals surface area contributed by atoms with E-state index in [1.54, 1.807) is 27.7 Å². The Labute approximate surface area is 141 Å². The fourth-order valence-corrected chi connectivity index (χ4v) is 3.47. The molecule has 0 saturated carbocycles. The lowest BCUT2D eigenvalue weighted by atomic mass is 10.1. The molecule has 132 valence electrons. The van der Waals surface area contributed by atoms with E-state index in [9.17, 15) is 14.4 Å². The zero-order chi connectivity index (χ0) is 18.0. The number of amides is 2. The smallest absolute Gasteiger partial charge is 0.412 e. The highest BCUT2D eigenvalue weighted by Crippen LogP contribution is 2.39. The number of aliphatic carboxylic acids is 1. The van der Waals surface area contributed by atoms with Crippen molar-refractivity contribution in [2.75, 3.05) is 5.75 Å². The van der Waals surface area contributed by atoms with Crippen molar-refractivity contribution in [2.24, 2.45) is 0 Å². The average Bonchev–Trinajstić information content (AvgIpc) is 2.68. The zero-order valence-corrected chi connectivity index (χ0v) is 15.3. The highest BCUT2D eigenvalue weighted by molar-refractivity contribution is 8.00. The first-order valence-electron chi connectivity index (χ1n) is 7.58. The molecule has 0 radical (unpaired) electrons. The van der Waals surface area contributed by atoms with Crippen LogP contribution in [0.25, 0.3) is 0 Å². The molecule has 8 heteroatoms. The molecule has 1 aliphatic rings. The highest BCUT2D eigenvalue weighted by Gasteiger charge is 2.48. The Morgan fingerprint density at radius 1 is 1.39 bits per heavy atom. The second kappa shape index (κ2) is 6.98. The summed E-state index contributed by atoms with van der Waals surface area (Å²) in [6.45, 7) is 10.6. The summed E-state index contributed by atoms with van der Waals surface area (Å²) in [6, 6.07) is -1.71. The third kappa shape index (κ3) is 5.02. The zero-order valence-electron chi connectivity index (χ0n) is 14.5. The van der Waals surface area contributed by atoms with Crippen molar-refractivity contribution in [2.45, 2.75) is 70.5 Å². The molecule has 0 aromatic rings. The Morgan fingerprint density at radius 2 is 1.96 bits per heavy atom. The number of thioether (sulfide) groups is 1. The van der Waals surface area contributed by atoms with Gasteiger partial charge < -0.3 is 15.2 Å². The second-order valence-corrected chi connectivity index (χ2v) is 8.55. The lowest BCUT2D eigenvalue weighted by Gasteiger charge is -2.35. The third-order valence-corrected chi connectivity index (χ3v) is 4.79. The molecule has 1 rings (SSSR count). The molecule has 23 heavy (non-hydrogen) atoms. The van der Waals surface area contributed by atoms with Crippen molar-refractivity contribution in [3.05, 3.63) is 0 Å². The van der Waals surface area contributed by atoms with Crippen molar-refractivity contribution < 1.29 is 24.2 Å². The van der Waals surface area contributed by atoms with E-state index in [2.05, 4.69) is 5.32 Å². The average molecular weight is 346 g/mol. The van der Waals surface area contributed by atoms with Gasteiger partial charge in [0.1, 0.15) is 17.7 Å². The first-order chi connectivity index (χ1) is 10.4. The Balaban J connectivity index is 2.94. The normalized spacial score (nSPS) is 21.7. The summed E-state index contributed by atoms with van der Waals surface area (Å²) >= 11 is 1.46. The maximum atomic E-state index is 12.5. The van der Waals surface area contributed by atoms with Crippen LogP contribution in [-0.4, -0.2) is 56.3 Å². The van der Waals surface area contributed by atoms with E-state index in [-0.39, 0.29) is 6.42 Å². The molecule has 1 saturated heterocycles. The molecule has 1 heterocycles. The maximum absolute atomic E-state index is 12.5. The summed E-state index contributed by atoms with van der Waals surface area (Å²) < 4.78 is 5.39. The molecular formula is C15H26N2O5S. The number of carboxylic acids is 1. The molecule has 0 aliphatic carbocycles. The minimum atomic E-state index is -1.09. The van der Waals surface area contributed by atoms with Gasteiger partial charge in [0, 0.05) is 5.75 Å². The monoisotopic (exact) mass is 346 g/mol. The molecule has 0 unspecified atom stereocenters. The Kier molecular flexibility index (Phi) is 5.95. The standard InChI is InChI=1S/C15H26N2O5S/c1-7-9(12(19)20)16-11(18)10-8-23-15(5,6)17(10)13(21)22-14(2,3)4/h9-10H,7-8H2,1-6H3,(H,16,18)(H,19,20)/t9-,10-/m0/s1. The number of ether oxygens (including phenoxy) is 1. The number of carboxylic acid groups (broad SMARTS) is 1. The van der Waals surface area contributed by atoms with Gasteiger partial charge in [0.25, 0.3) is 0 Å². The van der Waals surface area contributed by atoms with Gasteiger partial charge in [-0.2, -0.15) is 0 Å². The molecule has 0 spiro atoms. The minimum absolute atomic E-state index is 0.275. The second-order valence-electron chi connectivity index (χ2n) is 6.93. The molecule has 1 fully saturated rings. The van der Waals surface area contributed by atoms with Gasteiger partial charge in [-0.25, -0.2) is 9.59 Å². The van der Waals surface area contributed by atoms with Gasteiger partial charge in [0.15, 0.2) is 0 Å². The van der Waals surface area contributed by atoms with Gasteiger partial charge in [0.05, 0.1) is 4.87 Å². The van der Waals surface area contributed by atoms with Gasteiger partial charge >= 0.3 is 12.1 Å². The molecule has 2 amide bonds. The quantitative estimate of drug-likeness (QED) is 0.809. The van der Waals surface area contributed by atoms with Crippen LogP contribution in [0.4, 0.5) is 4.79 Å². The molecule has 1 aliphatic heterocycles. The van der Waals surface area contributed by atoms with E-state index >= 15 is 0 Å². The third-order valence-electron chi connectivity index (χ3n) is 3.40. The fraction of sp³-hybridized carbons (Fsp3) is 0.800. The number of nitrogens with zero attached hydrogens (tertiary/aromatic N) is 1. The Morgan fingerprint density at radius 3 is 2.39 bits per heavy atom. The molecule has 7 nitrogen and oxygen atoms in total. The Hall–Kier alpha value is -1.44. The summed E-state index contributed by atoms with van der Waals surface area (Å²) in [5.74, 6) is -1.16. The van der Waals surface area contributed by atoms with Crippen molar-refractivity contribution in [1.82, 2.24) is 10.2 Å². The maximum Gasteiger partial charge on any atom is 0.412 e. The van der Waals surface area contributed by atoms with E-state index in [0.717, 1.165) is 0 Å². The molecular weight excluding hydrogens is 320 g/mol. The van der Waals surface area contributed by atoms with Gasteiger partial charge in [-0.1, -0.05) is 6.92 Å². The molecule has 0 bridgehead atoms. The van der Waals surface area contributed by atoms with Crippen LogP contribution in [0.15, 0.2) is 0 Å². The van der Waals surface area contributed by atoms with Gasteiger partial charge in [-0.3, -0.25) is 9.69 Å². The summed E-state index contributed by atoms with van der Waals surface area (Å²) in [4.78, 5) is 36.8. The molecule has 0 aromatic carbocycles. The largest absolute Gasteiger partial charge is 0.480 e.